The van der Waals surface area contributed by atoms with E-state index in [4.69, 9.17) is 9.47 Å². The van der Waals surface area contributed by atoms with Gasteiger partial charge in [-0.3, -0.25) is 4.98 Å². The van der Waals surface area contributed by atoms with Gasteiger partial charge in [-0.15, -0.1) is 0 Å². The van der Waals surface area contributed by atoms with Gasteiger partial charge in [0.05, 0.1) is 11.9 Å². The second-order valence-corrected chi connectivity index (χ2v) is 4.24. The van der Waals surface area contributed by atoms with Crippen molar-refractivity contribution in [3.05, 3.63) is 48.3 Å². The Bertz CT molecular complexity index is 616. The first-order chi connectivity index (χ1) is 9.81. The van der Waals surface area contributed by atoms with Crippen LogP contribution in [0.1, 0.15) is 5.56 Å². The minimum absolute atomic E-state index is 0.244. The fourth-order valence-electron chi connectivity index (χ4n) is 1.85. The van der Waals surface area contributed by atoms with Gasteiger partial charge in [-0.1, -0.05) is 6.07 Å². The summed E-state index contributed by atoms with van der Waals surface area (Å²) in [7, 11) is 0. The van der Waals surface area contributed by atoms with E-state index in [1.165, 1.54) is 0 Å². The van der Waals surface area contributed by atoms with Crippen molar-refractivity contribution in [2.45, 2.75) is 6.54 Å². The summed E-state index contributed by atoms with van der Waals surface area (Å²) in [6.07, 6.45) is 3.23. The number of hydrogen-bond donors (Lipinski definition) is 2. The van der Waals surface area contributed by atoms with Crippen LogP contribution in [0.2, 0.25) is 0 Å². The van der Waals surface area contributed by atoms with Crippen LogP contribution in [-0.4, -0.2) is 17.8 Å². The van der Waals surface area contributed by atoms with E-state index in [0.29, 0.717) is 18.0 Å². The molecule has 0 spiro atoms. The third-order valence-corrected chi connectivity index (χ3v) is 2.81. The van der Waals surface area contributed by atoms with Crippen LogP contribution in [0, 0.1) is 0 Å². The molecule has 2 amide bonds. The van der Waals surface area contributed by atoms with Crippen LogP contribution in [0.15, 0.2) is 42.7 Å². The summed E-state index contributed by atoms with van der Waals surface area (Å²) >= 11 is 0. The van der Waals surface area contributed by atoms with Crippen molar-refractivity contribution in [2.75, 3.05) is 12.1 Å². The summed E-state index contributed by atoms with van der Waals surface area (Å²) in [5.41, 5.74) is 1.59. The number of pyridine rings is 1. The van der Waals surface area contributed by atoms with Crippen molar-refractivity contribution in [3.63, 3.8) is 0 Å². The van der Waals surface area contributed by atoms with Crippen LogP contribution in [0.3, 0.4) is 0 Å². The van der Waals surface area contributed by atoms with Gasteiger partial charge in [-0.05, 0) is 29.8 Å². The van der Waals surface area contributed by atoms with E-state index < -0.39 is 0 Å². The van der Waals surface area contributed by atoms with Gasteiger partial charge in [0, 0.05) is 12.7 Å². The van der Waals surface area contributed by atoms with Crippen LogP contribution in [-0.2, 0) is 6.54 Å². The number of carbonyl (C=O) groups excluding carboxylic acids is 1. The lowest BCUT2D eigenvalue weighted by molar-refractivity contribution is 0.174. The van der Waals surface area contributed by atoms with Crippen molar-refractivity contribution in [2.24, 2.45) is 0 Å². The maximum Gasteiger partial charge on any atom is 0.319 e. The second-order valence-electron chi connectivity index (χ2n) is 4.24. The van der Waals surface area contributed by atoms with Crippen LogP contribution < -0.4 is 20.1 Å². The molecule has 0 saturated carbocycles. The number of aromatic nitrogens is 1. The van der Waals surface area contributed by atoms with Gasteiger partial charge in [-0.25, -0.2) is 4.79 Å². The average molecular weight is 271 g/mol. The first-order valence-corrected chi connectivity index (χ1v) is 6.15. The molecule has 2 aromatic rings. The highest BCUT2D eigenvalue weighted by atomic mass is 16.7. The van der Waals surface area contributed by atoms with Crippen LogP contribution in [0.25, 0.3) is 0 Å². The molecule has 20 heavy (non-hydrogen) atoms. The Labute approximate surface area is 115 Å². The van der Waals surface area contributed by atoms with Gasteiger partial charge >= 0.3 is 6.03 Å². The van der Waals surface area contributed by atoms with Crippen molar-refractivity contribution in [1.82, 2.24) is 10.3 Å². The lowest BCUT2D eigenvalue weighted by Gasteiger charge is -2.07. The lowest BCUT2D eigenvalue weighted by Crippen LogP contribution is -2.28. The number of nitrogens with one attached hydrogen (secondary N) is 2. The third-order valence-electron chi connectivity index (χ3n) is 2.81. The number of urea groups is 1. The Kier molecular flexibility index (Phi) is 3.36. The van der Waals surface area contributed by atoms with Crippen molar-refractivity contribution < 1.29 is 14.3 Å². The normalized spacial score (nSPS) is 12.0. The topological polar surface area (TPSA) is 72.5 Å². The first-order valence-electron chi connectivity index (χ1n) is 6.15. The number of nitrogens with zero attached hydrogens (tertiary/aromatic N) is 1. The Morgan fingerprint density at radius 2 is 2.15 bits per heavy atom. The molecule has 6 heteroatoms. The number of hydrogen-bond acceptors (Lipinski definition) is 4. The Morgan fingerprint density at radius 1 is 1.25 bits per heavy atom. The molecule has 0 unspecified atom stereocenters. The van der Waals surface area contributed by atoms with Crippen LogP contribution in [0.5, 0.6) is 11.5 Å². The molecule has 1 aliphatic heterocycles. The van der Waals surface area contributed by atoms with Gasteiger partial charge in [0.2, 0.25) is 6.79 Å². The zero-order valence-electron chi connectivity index (χ0n) is 10.6. The fraction of sp³-hybridized carbons (Fsp3) is 0.143. The molecule has 2 N–H and O–H groups in total. The van der Waals surface area contributed by atoms with Crippen molar-refractivity contribution >= 4 is 11.7 Å². The van der Waals surface area contributed by atoms with E-state index in [2.05, 4.69) is 15.6 Å². The molecule has 2 heterocycles. The summed E-state index contributed by atoms with van der Waals surface area (Å²) in [6.45, 7) is 0.649. The second kappa shape index (κ2) is 5.48. The molecular formula is C14H13N3O3. The molecule has 0 saturated heterocycles. The first kappa shape index (κ1) is 12.3. The highest BCUT2D eigenvalue weighted by Crippen LogP contribution is 2.32. The van der Waals surface area contributed by atoms with Gasteiger partial charge in [-0.2, -0.15) is 0 Å². The summed E-state index contributed by atoms with van der Waals surface area (Å²) in [5, 5.41) is 5.46. The number of amides is 2. The Balaban J connectivity index is 1.55. The number of fused-ring (bicyclic) bond motifs is 1. The van der Waals surface area contributed by atoms with Gasteiger partial charge in [0.25, 0.3) is 0 Å². The number of rotatable bonds is 3. The summed E-state index contributed by atoms with van der Waals surface area (Å²) in [5.74, 6) is 1.44. The predicted molar refractivity (Wildman–Crippen MR) is 72.7 cm³/mol. The standard InChI is InChI=1S/C14H13N3O3/c18-14(17-11-2-1-5-15-8-11)16-7-10-3-4-12-13(6-10)20-9-19-12/h1-6,8H,7,9H2,(H2,16,17,18). The zero-order chi connectivity index (χ0) is 13.8. The van der Waals surface area contributed by atoms with E-state index >= 15 is 0 Å². The number of ether oxygens (including phenoxy) is 2. The molecule has 1 aromatic heterocycles. The average Bonchev–Trinajstić information content (AvgIpc) is 2.93. The number of carbonyl (C=O) groups is 1. The Morgan fingerprint density at radius 3 is 3.00 bits per heavy atom. The maximum absolute atomic E-state index is 11.7. The predicted octanol–water partition coefficient (Wildman–Crippen LogP) is 2.13. The summed E-state index contributed by atoms with van der Waals surface area (Å²) < 4.78 is 10.5. The smallest absolute Gasteiger partial charge is 0.319 e. The maximum atomic E-state index is 11.7. The molecule has 102 valence electrons. The molecular weight excluding hydrogens is 258 g/mol. The zero-order valence-corrected chi connectivity index (χ0v) is 10.6. The Hall–Kier alpha value is -2.76. The molecule has 6 nitrogen and oxygen atoms in total. The lowest BCUT2D eigenvalue weighted by atomic mass is 10.2. The monoisotopic (exact) mass is 271 g/mol. The molecule has 0 atom stereocenters. The molecule has 1 aromatic carbocycles. The van der Waals surface area contributed by atoms with Gasteiger partial charge in [0.15, 0.2) is 11.5 Å². The van der Waals surface area contributed by atoms with Gasteiger partial charge in [0.1, 0.15) is 0 Å². The molecule has 1 aliphatic rings. The minimum atomic E-state index is -0.282. The summed E-state index contributed by atoms with van der Waals surface area (Å²) in [6, 6.07) is 8.82. The van der Waals surface area contributed by atoms with E-state index in [-0.39, 0.29) is 12.8 Å². The largest absolute Gasteiger partial charge is 0.454 e. The number of benzene rings is 1. The quantitative estimate of drug-likeness (QED) is 0.897. The van der Waals surface area contributed by atoms with E-state index in [9.17, 15) is 4.79 Å². The molecule has 0 radical (unpaired) electrons. The van der Waals surface area contributed by atoms with Crippen LogP contribution in [0.4, 0.5) is 10.5 Å². The highest BCUT2D eigenvalue weighted by Gasteiger charge is 2.13. The third kappa shape index (κ3) is 2.80. The van der Waals surface area contributed by atoms with E-state index in [1.807, 2.05) is 18.2 Å². The SMILES string of the molecule is O=C(NCc1ccc2c(c1)OCO2)Nc1cccnc1. The summed E-state index contributed by atoms with van der Waals surface area (Å²) in [4.78, 5) is 15.6. The molecule has 3 rings (SSSR count). The fourth-order valence-corrected chi connectivity index (χ4v) is 1.85. The van der Waals surface area contributed by atoms with Crippen molar-refractivity contribution in [1.29, 1.82) is 0 Å². The highest BCUT2D eigenvalue weighted by molar-refractivity contribution is 5.88. The van der Waals surface area contributed by atoms with Gasteiger partial charge < -0.3 is 20.1 Å². The number of anilines is 1. The van der Waals surface area contributed by atoms with E-state index in [0.717, 1.165) is 11.3 Å². The minimum Gasteiger partial charge on any atom is -0.454 e. The molecule has 0 aliphatic carbocycles. The van der Waals surface area contributed by atoms with Crippen molar-refractivity contribution in [3.8, 4) is 11.5 Å². The molecule has 0 bridgehead atoms. The van der Waals surface area contributed by atoms with Crippen LogP contribution >= 0.6 is 0 Å². The van der Waals surface area contributed by atoms with E-state index in [1.54, 1.807) is 24.5 Å². The molecule has 0 fully saturated rings.